The Kier molecular flexibility index (Phi) is 6.26. The first-order chi connectivity index (χ1) is 14.1. The lowest BCUT2D eigenvalue weighted by Gasteiger charge is -2.42. The molecular formula is C22H30N4O4. The average Bonchev–Trinajstić information content (AvgIpc) is 2.65. The molecule has 0 aromatic carbocycles. The summed E-state index contributed by atoms with van der Waals surface area (Å²) in [5.41, 5.74) is 0.834. The fourth-order valence-electron chi connectivity index (χ4n) is 4.21. The number of piperidine rings is 1. The van der Waals surface area contributed by atoms with Gasteiger partial charge in [0.1, 0.15) is 5.52 Å². The standard InChI is InChI=1S/C22H30N4O4/c1-21(2,13-19(28)29)12-18(27)25(3)14-22(30)8-5-11-26(15-22)17-7-10-23-16-6-4-9-24-20(16)17/h4,6-7,9-10,30H,5,8,11-15H2,1-3H3,(H,28,29)/t22-/m1/s1. The lowest BCUT2D eigenvalue weighted by molar-refractivity contribution is -0.141. The summed E-state index contributed by atoms with van der Waals surface area (Å²) in [4.78, 5) is 36.1. The minimum Gasteiger partial charge on any atom is -0.481 e. The van der Waals surface area contributed by atoms with Crippen LogP contribution in [0.5, 0.6) is 0 Å². The minimum atomic E-state index is -1.05. The van der Waals surface area contributed by atoms with E-state index >= 15 is 0 Å². The Morgan fingerprint density at radius 1 is 1.23 bits per heavy atom. The molecule has 0 unspecified atom stereocenters. The molecule has 1 fully saturated rings. The number of nitrogens with zero attached hydrogens (tertiary/aromatic N) is 4. The average molecular weight is 415 g/mol. The van der Waals surface area contributed by atoms with Gasteiger partial charge in [-0.2, -0.15) is 0 Å². The molecule has 3 rings (SSSR count). The summed E-state index contributed by atoms with van der Waals surface area (Å²) in [6.45, 7) is 4.92. The summed E-state index contributed by atoms with van der Waals surface area (Å²) in [7, 11) is 1.67. The zero-order chi connectivity index (χ0) is 21.9. The number of aliphatic carboxylic acids is 1. The molecule has 8 heteroatoms. The molecule has 2 aromatic rings. The number of hydrogen-bond acceptors (Lipinski definition) is 6. The number of rotatable bonds is 7. The summed E-state index contributed by atoms with van der Waals surface area (Å²) in [6.07, 6.45) is 4.90. The molecule has 0 bridgehead atoms. The van der Waals surface area contributed by atoms with Crippen LogP contribution in [0.2, 0.25) is 0 Å². The molecule has 0 aliphatic carbocycles. The molecule has 1 aliphatic heterocycles. The largest absolute Gasteiger partial charge is 0.481 e. The first-order valence-electron chi connectivity index (χ1n) is 10.2. The predicted molar refractivity (Wildman–Crippen MR) is 114 cm³/mol. The molecule has 1 saturated heterocycles. The number of carboxylic acid groups (broad SMARTS) is 1. The Balaban J connectivity index is 1.70. The maximum atomic E-state index is 12.7. The van der Waals surface area contributed by atoms with E-state index in [0.717, 1.165) is 29.7 Å². The lowest BCUT2D eigenvalue weighted by atomic mass is 9.85. The highest BCUT2D eigenvalue weighted by Gasteiger charge is 2.37. The van der Waals surface area contributed by atoms with Gasteiger partial charge < -0.3 is 20.0 Å². The van der Waals surface area contributed by atoms with Gasteiger partial charge in [0, 0.05) is 39.0 Å². The van der Waals surface area contributed by atoms with Crippen molar-refractivity contribution in [3.8, 4) is 0 Å². The van der Waals surface area contributed by atoms with Gasteiger partial charge in [0.15, 0.2) is 0 Å². The van der Waals surface area contributed by atoms with Crippen molar-refractivity contribution in [3.05, 3.63) is 30.6 Å². The van der Waals surface area contributed by atoms with Gasteiger partial charge in [0.2, 0.25) is 5.91 Å². The van der Waals surface area contributed by atoms with E-state index in [9.17, 15) is 14.7 Å². The highest BCUT2D eigenvalue weighted by Crippen LogP contribution is 2.31. The third-order valence-electron chi connectivity index (χ3n) is 5.59. The third-order valence-corrected chi connectivity index (χ3v) is 5.59. The van der Waals surface area contributed by atoms with E-state index in [-0.39, 0.29) is 25.3 Å². The summed E-state index contributed by atoms with van der Waals surface area (Å²) >= 11 is 0. The van der Waals surface area contributed by atoms with Gasteiger partial charge in [0.05, 0.1) is 29.8 Å². The monoisotopic (exact) mass is 414 g/mol. The molecule has 3 heterocycles. The van der Waals surface area contributed by atoms with Gasteiger partial charge in [-0.3, -0.25) is 19.6 Å². The smallest absolute Gasteiger partial charge is 0.303 e. The highest BCUT2D eigenvalue weighted by molar-refractivity contribution is 5.87. The van der Waals surface area contributed by atoms with E-state index in [1.165, 1.54) is 4.90 Å². The normalized spacial score (nSPS) is 19.7. The van der Waals surface area contributed by atoms with Crippen molar-refractivity contribution in [1.82, 2.24) is 14.9 Å². The number of amides is 1. The van der Waals surface area contributed by atoms with E-state index in [4.69, 9.17) is 5.11 Å². The van der Waals surface area contributed by atoms with Crippen molar-refractivity contribution in [2.75, 3.05) is 31.6 Å². The number of carbonyl (C=O) groups is 2. The van der Waals surface area contributed by atoms with Gasteiger partial charge in [0.25, 0.3) is 0 Å². The quantitative estimate of drug-likeness (QED) is 0.716. The second kappa shape index (κ2) is 8.55. The van der Waals surface area contributed by atoms with Crippen molar-refractivity contribution in [2.45, 2.75) is 45.1 Å². The van der Waals surface area contributed by atoms with Crippen LogP contribution in [-0.2, 0) is 9.59 Å². The van der Waals surface area contributed by atoms with Crippen LogP contribution in [0.3, 0.4) is 0 Å². The number of aliphatic hydroxyl groups is 1. The Morgan fingerprint density at radius 2 is 2.00 bits per heavy atom. The highest BCUT2D eigenvalue weighted by atomic mass is 16.4. The summed E-state index contributed by atoms with van der Waals surface area (Å²) < 4.78 is 0. The van der Waals surface area contributed by atoms with Crippen LogP contribution in [-0.4, -0.2) is 69.2 Å². The molecule has 1 aliphatic rings. The van der Waals surface area contributed by atoms with E-state index in [2.05, 4.69) is 14.9 Å². The zero-order valence-corrected chi connectivity index (χ0v) is 17.8. The van der Waals surface area contributed by atoms with Crippen LogP contribution in [0.4, 0.5) is 5.69 Å². The molecule has 2 aromatic heterocycles. The topological polar surface area (TPSA) is 107 Å². The van der Waals surface area contributed by atoms with Crippen molar-refractivity contribution in [2.24, 2.45) is 5.41 Å². The Morgan fingerprint density at radius 3 is 2.73 bits per heavy atom. The van der Waals surface area contributed by atoms with Crippen molar-refractivity contribution in [1.29, 1.82) is 0 Å². The number of carboxylic acids is 1. The maximum absolute atomic E-state index is 12.7. The number of likely N-dealkylation sites (N-methyl/N-ethyl adjacent to an activating group) is 1. The Hall–Kier alpha value is -2.74. The Labute approximate surface area is 176 Å². The summed E-state index contributed by atoms with van der Waals surface area (Å²) in [6, 6.07) is 5.66. The first-order valence-corrected chi connectivity index (χ1v) is 10.2. The minimum absolute atomic E-state index is 0.0766. The number of hydrogen-bond donors (Lipinski definition) is 2. The molecule has 1 atom stereocenters. The fraction of sp³-hybridized carbons (Fsp3) is 0.545. The number of pyridine rings is 2. The molecule has 0 saturated carbocycles. The number of fused-ring (bicyclic) bond motifs is 1. The van der Waals surface area contributed by atoms with E-state index in [1.54, 1.807) is 33.3 Å². The van der Waals surface area contributed by atoms with Gasteiger partial charge in [-0.25, -0.2) is 0 Å². The SMILES string of the molecule is CN(C[C@]1(O)CCCN(c2ccnc3cccnc23)C1)C(=O)CC(C)(C)CC(=O)O. The molecule has 0 spiro atoms. The molecule has 30 heavy (non-hydrogen) atoms. The van der Waals surface area contributed by atoms with Crippen molar-refractivity contribution < 1.29 is 19.8 Å². The number of β-amino-alcohol motifs (C(OH)–C–C–N with tert-alkyl or cyclic N) is 1. The van der Waals surface area contributed by atoms with Crippen LogP contribution < -0.4 is 4.90 Å². The Bertz CT molecular complexity index is 927. The van der Waals surface area contributed by atoms with Crippen LogP contribution >= 0.6 is 0 Å². The van der Waals surface area contributed by atoms with Gasteiger partial charge >= 0.3 is 5.97 Å². The van der Waals surface area contributed by atoms with Crippen LogP contribution in [0.15, 0.2) is 30.6 Å². The van der Waals surface area contributed by atoms with Crippen molar-refractivity contribution >= 4 is 28.6 Å². The van der Waals surface area contributed by atoms with Gasteiger partial charge in [-0.15, -0.1) is 0 Å². The molecule has 0 radical (unpaired) electrons. The van der Waals surface area contributed by atoms with E-state index < -0.39 is 17.0 Å². The van der Waals surface area contributed by atoms with Crippen molar-refractivity contribution in [3.63, 3.8) is 0 Å². The van der Waals surface area contributed by atoms with Crippen LogP contribution in [0, 0.1) is 5.41 Å². The first kappa shape index (κ1) is 22.0. The fourth-order valence-corrected chi connectivity index (χ4v) is 4.21. The molecular weight excluding hydrogens is 384 g/mol. The predicted octanol–water partition coefficient (Wildman–Crippen LogP) is 2.31. The summed E-state index contributed by atoms with van der Waals surface area (Å²) in [5.74, 6) is -1.09. The second-order valence-corrected chi connectivity index (χ2v) is 9.11. The molecule has 2 N–H and O–H groups in total. The van der Waals surface area contributed by atoms with Gasteiger partial charge in [-0.05, 0) is 36.5 Å². The van der Waals surface area contributed by atoms with E-state index in [1.807, 2.05) is 18.2 Å². The van der Waals surface area contributed by atoms with Crippen LogP contribution in [0.25, 0.3) is 11.0 Å². The molecule has 1 amide bonds. The second-order valence-electron chi connectivity index (χ2n) is 9.11. The maximum Gasteiger partial charge on any atom is 0.303 e. The number of anilines is 1. The number of aromatic nitrogens is 2. The molecule has 162 valence electrons. The summed E-state index contributed by atoms with van der Waals surface area (Å²) in [5, 5.41) is 20.3. The lowest BCUT2D eigenvalue weighted by Crippen LogP contribution is -2.55. The van der Waals surface area contributed by atoms with E-state index in [0.29, 0.717) is 13.0 Å². The van der Waals surface area contributed by atoms with Crippen LogP contribution in [0.1, 0.15) is 39.5 Å². The zero-order valence-electron chi connectivity index (χ0n) is 17.8. The van der Waals surface area contributed by atoms with Gasteiger partial charge in [-0.1, -0.05) is 13.8 Å². The number of carbonyl (C=O) groups excluding carboxylic acids is 1. The third kappa shape index (κ3) is 5.24. The molecule has 8 nitrogen and oxygen atoms in total.